The third-order valence-corrected chi connectivity index (χ3v) is 5.50. The van der Waals surface area contributed by atoms with Crippen molar-refractivity contribution in [3.05, 3.63) is 69.3 Å². The second-order valence-electron chi connectivity index (χ2n) is 7.52. The van der Waals surface area contributed by atoms with Crippen molar-refractivity contribution < 1.29 is 24.0 Å². The summed E-state index contributed by atoms with van der Waals surface area (Å²) in [7, 11) is 1.33. The molecule has 0 aliphatic carbocycles. The van der Waals surface area contributed by atoms with E-state index in [1.54, 1.807) is 0 Å². The van der Waals surface area contributed by atoms with Crippen molar-refractivity contribution in [2.24, 2.45) is 5.92 Å². The highest BCUT2D eigenvalue weighted by Crippen LogP contribution is 2.32. The van der Waals surface area contributed by atoms with Crippen molar-refractivity contribution >= 4 is 17.7 Å². The Morgan fingerprint density at radius 2 is 1.77 bits per heavy atom. The molecule has 1 heterocycles. The Hall–Kier alpha value is -3.42. The number of benzene rings is 2. The second kappa shape index (κ2) is 8.94. The summed E-state index contributed by atoms with van der Waals surface area (Å²) < 4.78 is 10.3. The SMILES string of the molecule is COC(=O)C1CC(c2ccc(C)c(C)c2)CN(C(=O)Oc2ccc([N+](=O)[O-])cc2)C1. The summed E-state index contributed by atoms with van der Waals surface area (Å²) >= 11 is 0. The highest BCUT2D eigenvalue weighted by molar-refractivity contribution is 5.76. The number of carbonyl (C=O) groups is 2. The van der Waals surface area contributed by atoms with Crippen molar-refractivity contribution in [1.29, 1.82) is 0 Å². The Kier molecular flexibility index (Phi) is 6.34. The molecule has 1 amide bonds. The maximum Gasteiger partial charge on any atom is 0.415 e. The second-order valence-corrected chi connectivity index (χ2v) is 7.52. The summed E-state index contributed by atoms with van der Waals surface area (Å²) in [5.74, 6) is -0.656. The van der Waals surface area contributed by atoms with Crippen LogP contribution >= 0.6 is 0 Å². The molecule has 1 aliphatic rings. The van der Waals surface area contributed by atoms with Crippen LogP contribution < -0.4 is 4.74 Å². The van der Waals surface area contributed by atoms with Crippen molar-refractivity contribution in [3.8, 4) is 5.75 Å². The minimum Gasteiger partial charge on any atom is -0.469 e. The molecule has 0 spiro atoms. The summed E-state index contributed by atoms with van der Waals surface area (Å²) in [4.78, 5) is 36.7. The summed E-state index contributed by atoms with van der Waals surface area (Å²) in [6.45, 7) is 4.66. The number of nitro groups is 1. The molecule has 2 atom stereocenters. The maximum absolute atomic E-state index is 12.8. The smallest absolute Gasteiger partial charge is 0.415 e. The minimum atomic E-state index is -0.605. The predicted molar refractivity (Wildman–Crippen MR) is 109 cm³/mol. The number of carbonyl (C=O) groups excluding carboxylic acids is 2. The van der Waals surface area contributed by atoms with E-state index >= 15 is 0 Å². The molecule has 3 rings (SSSR count). The van der Waals surface area contributed by atoms with Crippen molar-refractivity contribution in [3.63, 3.8) is 0 Å². The zero-order chi connectivity index (χ0) is 21.8. The van der Waals surface area contributed by atoms with Gasteiger partial charge in [0.2, 0.25) is 0 Å². The zero-order valence-corrected chi connectivity index (χ0v) is 17.2. The molecular formula is C22H24N2O6. The van der Waals surface area contributed by atoms with Gasteiger partial charge in [0, 0.05) is 31.1 Å². The lowest BCUT2D eigenvalue weighted by molar-refractivity contribution is -0.384. The van der Waals surface area contributed by atoms with Crippen molar-refractivity contribution in [2.45, 2.75) is 26.2 Å². The number of nitrogens with zero attached hydrogens (tertiary/aromatic N) is 2. The minimum absolute atomic E-state index is 0.0356. The molecule has 2 unspecified atom stereocenters. The van der Waals surface area contributed by atoms with Gasteiger partial charge in [-0.2, -0.15) is 0 Å². The Bertz CT molecular complexity index is 957. The van der Waals surface area contributed by atoms with E-state index in [4.69, 9.17) is 9.47 Å². The van der Waals surface area contributed by atoms with E-state index < -0.39 is 16.9 Å². The van der Waals surface area contributed by atoms with Gasteiger partial charge in [-0.3, -0.25) is 14.9 Å². The lowest BCUT2D eigenvalue weighted by Crippen LogP contribution is -2.46. The lowest BCUT2D eigenvalue weighted by atomic mass is 9.84. The summed E-state index contributed by atoms with van der Waals surface area (Å²) in [5.41, 5.74) is 3.29. The quantitative estimate of drug-likeness (QED) is 0.428. The van der Waals surface area contributed by atoms with Crippen LogP contribution in [0.25, 0.3) is 0 Å². The Balaban J connectivity index is 1.79. The van der Waals surface area contributed by atoms with Gasteiger partial charge in [0.15, 0.2) is 0 Å². The van der Waals surface area contributed by atoms with E-state index in [1.165, 1.54) is 41.8 Å². The number of non-ortho nitro benzene ring substituents is 1. The average Bonchev–Trinajstić information content (AvgIpc) is 2.75. The van der Waals surface area contributed by atoms with Crippen molar-refractivity contribution in [2.75, 3.05) is 20.2 Å². The first-order valence-corrected chi connectivity index (χ1v) is 9.64. The van der Waals surface area contributed by atoms with Gasteiger partial charge in [0.1, 0.15) is 5.75 Å². The number of amides is 1. The normalized spacial score (nSPS) is 18.6. The standard InChI is InChI=1S/C22H24N2O6/c1-14-4-5-16(10-15(14)2)17-11-18(21(25)29-3)13-23(12-17)22(26)30-20-8-6-19(7-9-20)24(27)28/h4-10,17-18H,11-13H2,1-3H3. The van der Waals surface area contributed by atoms with Gasteiger partial charge >= 0.3 is 12.1 Å². The number of rotatable bonds is 4. The molecule has 1 aliphatic heterocycles. The van der Waals surface area contributed by atoms with Gasteiger partial charge in [0.05, 0.1) is 18.0 Å². The first-order valence-electron chi connectivity index (χ1n) is 9.64. The van der Waals surface area contributed by atoms with Crippen LogP contribution in [0, 0.1) is 29.9 Å². The van der Waals surface area contributed by atoms with E-state index in [2.05, 4.69) is 6.07 Å². The predicted octanol–water partition coefficient (Wildman–Crippen LogP) is 3.99. The van der Waals surface area contributed by atoms with Gasteiger partial charge < -0.3 is 14.4 Å². The number of nitro benzene ring substituents is 1. The maximum atomic E-state index is 12.8. The molecule has 0 bridgehead atoms. The molecule has 2 aromatic carbocycles. The summed E-state index contributed by atoms with van der Waals surface area (Å²) in [6.07, 6.45) is -0.0254. The lowest BCUT2D eigenvalue weighted by Gasteiger charge is -2.36. The molecule has 1 saturated heterocycles. The average molecular weight is 412 g/mol. The molecule has 0 N–H and O–H groups in total. The van der Waals surface area contributed by atoms with Crippen molar-refractivity contribution in [1.82, 2.24) is 4.90 Å². The number of aryl methyl sites for hydroxylation is 2. The van der Waals surface area contributed by atoms with Crippen LogP contribution in [0.2, 0.25) is 0 Å². The van der Waals surface area contributed by atoms with Crippen LogP contribution in [0.1, 0.15) is 29.0 Å². The number of esters is 1. The molecule has 30 heavy (non-hydrogen) atoms. The number of likely N-dealkylation sites (tertiary alicyclic amines) is 1. The largest absolute Gasteiger partial charge is 0.469 e. The molecule has 0 radical (unpaired) electrons. The Morgan fingerprint density at radius 1 is 1.07 bits per heavy atom. The third-order valence-electron chi connectivity index (χ3n) is 5.50. The third kappa shape index (κ3) is 4.76. The number of hydrogen-bond donors (Lipinski definition) is 0. The van der Waals surface area contributed by atoms with E-state index in [-0.39, 0.29) is 29.9 Å². The highest BCUT2D eigenvalue weighted by Gasteiger charge is 2.36. The van der Waals surface area contributed by atoms with E-state index in [0.29, 0.717) is 13.0 Å². The van der Waals surface area contributed by atoms with Gasteiger partial charge in [-0.05, 0) is 49.1 Å². The molecule has 8 heteroatoms. The molecule has 0 saturated carbocycles. The first-order chi connectivity index (χ1) is 14.3. The van der Waals surface area contributed by atoms with Gasteiger partial charge in [-0.15, -0.1) is 0 Å². The monoisotopic (exact) mass is 412 g/mol. The fourth-order valence-corrected chi connectivity index (χ4v) is 3.65. The fourth-order valence-electron chi connectivity index (χ4n) is 3.65. The number of ether oxygens (including phenoxy) is 2. The molecular weight excluding hydrogens is 388 g/mol. The highest BCUT2D eigenvalue weighted by atomic mass is 16.6. The number of piperidine rings is 1. The van der Waals surface area contributed by atoms with Crippen LogP contribution in [-0.2, 0) is 9.53 Å². The molecule has 158 valence electrons. The van der Waals surface area contributed by atoms with Gasteiger partial charge in [-0.1, -0.05) is 18.2 Å². The van der Waals surface area contributed by atoms with E-state index in [1.807, 2.05) is 26.0 Å². The molecule has 1 fully saturated rings. The summed E-state index contributed by atoms with van der Waals surface area (Å²) in [5, 5.41) is 10.8. The first kappa shape index (κ1) is 21.3. The van der Waals surface area contributed by atoms with Gasteiger partial charge in [-0.25, -0.2) is 4.79 Å². The number of hydrogen-bond acceptors (Lipinski definition) is 6. The Morgan fingerprint density at radius 3 is 2.37 bits per heavy atom. The molecule has 8 nitrogen and oxygen atoms in total. The molecule has 2 aromatic rings. The van der Waals surface area contributed by atoms with Crippen LogP contribution in [0.4, 0.5) is 10.5 Å². The molecule has 0 aromatic heterocycles. The Labute approximate surface area is 174 Å². The van der Waals surface area contributed by atoms with E-state index in [0.717, 1.165) is 11.1 Å². The van der Waals surface area contributed by atoms with Crippen LogP contribution in [-0.4, -0.2) is 42.1 Å². The zero-order valence-electron chi connectivity index (χ0n) is 17.2. The summed E-state index contributed by atoms with van der Waals surface area (Å²) in [6, 6.07) is 11.4. The topological polar surface area (TPSA) is 99.0 Å². The van der Waals surface area contributed by atoms with Crippen LogP contribution in [0.15, 0.2) is 42.5 Å². The van der Waals surface area contributed by atoms with E-state index in [9.17, 15) is 19.7 Å². The fraction of sp³-hybridized carbons (Fsp3) is 0.364. The number of methoxy groups -OCH3 is 1. The van der Waals surface area contributed by atoms with Gasteiger partial charge in [0.25, 0.3) is 5.69 Å². The van der Waals surface area contributed by atoms with Crippen LogP contribution in [0.5, 0.6) is 5.75 Å². The van der Waals surface area contributed by atoms with Crippen LogP contribution in [0.3, 0.4) is 0 Å².